The lowest BCUT2D eigenvalue weighted by molar-refractivity contribution is -0.123. The van der Waals surface area contributed by atoms with Crippen LogP contribution in [0.3, 0.4) is 0 Å². The third-order valence-electron chi connectivity index (χ3n) is 4.11. The smallest absolute Gasteiger partial charge is 0.253 e. The fourth-order valence-corrected chi connectivity index (χ4v) is 2.85. The van der Waals surface area contributed by atoms with Crippen molar-refractivity contribution in [2.45, 2.75) is 39.2 Å². The van der Waals surface area contributed by atoms with E-state index in [1.54, 1.807) is 12.3 Å². The summed E-state index contributed by atoms with van der Waals surface area (Å²) in [6, 6.07) is 4.77. The van der Waals surface area contributed by atoms with Crippen LogP contribution in [0.5, 0.6) is 0 Å². The largest absolute Gasteiger partial charge is 0.357 e. The van der Waals surface area contributed by atoms with E-state index in [9.17, 15) is 9.59 Å². The molecule has 0 saturated carbocycles. The van der Waals surface area contributed by atoms with Gasteiger partial charge < -0.3 is 15.5 Å². The molecule has 7 nitrogen and oxygen atoms in total. The van der Waals surface area contributed by atoms with Crippen LogP contribution in [0.4, 0.5) is 5.82 Å². The van der Waals surface area contributed by atoms with Gasteiger partial charge in [0.2, 0.25) is 5.91 Å². The Balaban J connectivity index is 2.01. The number of amides is 2. The first-order chi connectivity index (χ1) is 12.0. The number of pyridine rings is 1. The van der Waals surface area contributed by atoms with Gasteiger partial charge in [0.05, 0.1) is 11.6 Å². The monoisotopic (exact) mass is 343 g/mol. The summed E-state index contributed by atoms with van der Waals surface area (Å²) >= 11 is 0. The zero-order valence-electron chi connectivity index (χ0n) is 14.8. The van der Waals surface area contributed by atoms with Crippen molar-refractivity contribution in [2.24, 2.45) is 5.92 Å². The highest BCUT2D eigenvalue weighted by molar-refractivity contribution is 5.97. The second-order valence-corrected chi connectivity index (χ2v) is 6.63. The van der Waals surface area contributed by atoms with Gasteiger partial charge in [0.1, 0.15) is 18.4 Å². The summed E-state index contributed by atoms with van der Waals surface area (Å²) in [5.74, 6) is 0.428. The van der Waals surface area contributed by atoms with Crippen LogP contribution >= 0.6 is 0 Å². The van der Waals surface area contributed by atoms with Crippen molar-refractivity contribution in [1.29, 1.82) is 5.26 Å². The van der Waals surface area contributed by atoms with Gasteiger partial charge in [-0.25, -0.2) is 4.98 Å². The van der Waals surface area contributed by atoms with Crippen molar-refractivity contribution < 1.29 is 9.59 Å². The Labute approximate surface area is 148 Å². The van der Waals surface area contributed by atoms with Gasteiger partial charge in [-0.1, -0.05) is 13.8 Å². The molecule has 1 aromatic heterocycles. The van der Waals surface area contributed by atoms with Crippen LogP contribution in [0.15, 0.2) is 18.3 Å². The summed E-state index contributed by atoms with van der Waals surface area (Å²) < 4.78 is 0. The van der Waals surface area contributed by atoms with Gasteiger partial charge in [0, 0.05) is 19.3 Å². The Bertz CT molecular complexity index is 630. The third-order valence-corrected chi connectivity index (χ3v) is 4.11. The fourth-order valence-electron chi connectivity index (χ4n) is 2.85. The number of hydrogen-bond donors (Lipinski definition) is 2. The average Bonchev–Trinajstić information content (AvgIpc) is 3.13. The minimum atomic E-state index is -0.667. The van der Waals surface area contributed by atoms with Crippen molar-refractivity contribution in [2.75, 3.05) is 24.5 Å². The highest BCUT2D eigenvalue weighted by atomic mass is 16.2. The number of carbonyl (C=O) groups excluding carboxylic acids is 2. The molecule has 0 aliphatic carbocycles. The lowest BCUT2D eigenvalue weighted by atomic mass is 10.0. The molecular formula is C18H25N5O2. The molecule has 0 aromatic carbocycles. The molecular weight excluding hydrogens is 318 g/mol. The Kier molecular flexibility index (Phi) is 6.75. The van der Waals surface area contributed by atoms with E-state index < -0.39 is 6.04 Å². The van der Waals surface area contributed by atoms with Gasteiger partial charge in [-0.05, 0) is 37.3 Å². The summed E-state index contributed by atoms with van der Waals surface area (Å²) in [5, 5.41) is 13.8. The molecule has 1 aliphatic heterocycles. The molecule has 2 amide bonds. The number of anilines is 1. The Hall–Kier alpha value is -2.62. The molecule has 134 valence electrons. The number of carbonyl (C=O) groups is 2. The van der Waals surface area contributed by atoms with E-state index in [1.807, 2.05) is 26.0 Å². The Morgan fingerprint density at radius 2 is 2.04 bits per heavy atom. The van der Waals surface area contributed by atoms with Crippen molar-refractivity contribution in [3.63, 3.8) is 0 Å². The maximum Gasteiger partial charge on any atom is 0.253 e. The van der Waals surface area contributed by atoms with Gasteiger partial charge >= 0.3 is 0 Å². The predicted octanol–water partition coefficient (Wildman–Crippen LogP) is 1.47. The van der Waals surface area contributed by atoms with Crippen molar-refractivity contribution in [1.82, 2.24) is 15.6 Å². The maximum absolute atomic E-state index is 12.4. The first-order valence-electron chi connectivity index (χ1n) is 8.67. The second-order valence-electron chi connectivity index (χ2n) is 6.63. The van der Waals surface area contributed by atoms with E-state index in [0.717, 1.165) is 18.9 Å². The van der Waals surface area contributed by atoms with E-state index in [4.69, 9.17) is 5.26 Å². The topological polar surface area (TPSA) is 98.1 Å². The molecule has 2 N–H and O–H groups in total. The normalized spacial score (nSPS) is 14.9. The number of nitrogens with one attached hydrogen (secondary N) is 2. The van der Waals surface area contributed by atoms with Crippen molar-refractivity contribution in [3.8, 4) is 6.07 Å². The first-order valence-corrected chi connectivity index (χ1v) is 8.67. The van der Waals surface area contributed by atoms with Crippen LogP contribution in [0.1, 0.15) is 43.5 Å². The van der Waals surface area contributed by atoms with E-state index in [2.05, 4.69) is 20.5 Å². The van der Waals surface area contributed by atoms with E-state index in [1.165, 1.54) is 12.8 Å². The average molecular weight is 343 g/mol. The molecule has 1 atom stereocenters. The van der Waals surface area contributed by atoms with Crippen molar-refractivity contribution >= 4 is 17.6 Å². The number of nitrogens with zero attached hydrogens (tertiary/aromatic N) is 3. The standard InChI is InChI=1S/C18H25N5O2/c1-13(2)11-15(18(25)20-8-7-19)22-17(24)14-5-6-16(21-12-14)23-9-3-4-10-23/h5-6,12-13,15H,3-4,8-11H2,1-2H3,(H,20,25)(H,22,24)/t15-/m0/s1. The molecule has 0 bridgehead atoms. The highest BCUT2D eigenvalue weighted by Crippen LogP contribution is 2.17. The number of aromatic nitrogens is 1. The third kappa shape index (κ3) is 5.45. The van der Waals surface area contributed by atoms with Crippen LogP contribution in [0.25, 0.3) is 0 Å². The van der Waals surface area contributed by atoms with Crippen LogP contribution in [-0.4, -0.2) is 42.5 Å². The zero-order valence-corrected chi connectivity index (χ0v) is 14.8. The van der Waals surface area contributed by atoms with Crippen LogP contribution in [-0.2, 0) is 4.79 Å². The lowest BCUT2D eigenvalue weighted by Crippen LogP contribution is -2.47. The van der Waals surface area contributed by atoms with Gasteiger partial charge in [0.15, 0.2) is 0 Å². The summed E-state index contributed by atoms with van der Waals surface area (Å²) in [6.45, 7) is 5.86. The van der Waals surface area contributed by atoms with E-state index >= 15 is 0 Å². The number of nitriles is 1. The van der Waals surface area contributed by atoms with Gasteiger partial charge in [-0.15, -0.1) is 0 Å². The molecule has 1 saturated heterocycles. The van der Waals surface area contributed by atoms with Gasteiger partial charge in [-0.3, -0.25) is 9.59 Å². The van der Waals surface area contributed by atoms with Crippen LogP contribution < -0.4 is 15.5 Å². The summed E-state index contributed by atoms with van der Waals surface area (Å²) in [5.41, 5.74) is 0.421. The minimum absolute atomic E-state index is 0.0740. The van der Waals surface area contributed by atoms with Crippen LogP contribution in [0, 0.1) is 17.2 Å². The molecule has 1 fully saturated rings. The zero-order chi connectivity index (χ0) is 18.2. The summed E-state index contributed by atoms with van der Waals surface area (Å²) in [4.78, 5) is 31.1. The predicted molar refractivity (Wildman–Crippen MR) is 95.0 cm³/mol. The molecule has 0 radical (unpaired) electrons. The Morgan fingerprint density at radius 3 is 2.60 bits per heavy atom. The van der Waals surface area contributed by atoms with Crippen LogP contribution in [0.2, 0.25) is 0 Å². The highest BCUT2D eigenvalue weighted by Gasteiger charge is 2.22. The fraction of sp³-hybridized carbons (Fsp3) is 0.556. The molecule has 2 rings (SSSR count). The number of hydrogen-bond acceptors (Lipinski definition) is 5. The maximum atomic E-state index is 12.4. The van der Waals surface area contributed by atoms with Crippen molar-refractivity contribution in [3.05, 3.63) is 23.9 Å². The van der Waals surface area contributed by atoms with Gasteiger partial charge in [0.25, 0.3) is 5.91 Å². The first kappa shape index (κ1) is 18.7. The Morgan fingerprint density at radius 1 is 1.32 bits per heavy atom. The van der Waals surface area contributed by atoms with E-state index in [-0.39, 0.29) is 24.3 Å². The molecule has 1 aliphatic rings. The number of rotatable bonds is 7. The summed E-state index contributed by atoms with van der Waals surface area (Å²) in [6.07, 6.45) is 4.38. The molecule has 25 heavy (non-hydrogen) atoms. The lowest BCUT2D eigenvalue weighted by Gasteiger charge is -2.20. The van der Waals surface area contributed by atoms with E-state index in [0.29, 0.717) is 12.0 Å². The molecule has 1 aromatic rings. The quantitative estimate of drug-likeness (QED) is 0.731. The molecule has 7 heteroatoms. The second kappa shape index (κ2) is 9.02. The molecule has 0 spiro atoms. The SMILES string of the molecule is CC(C)C[C@H](NC(=O)c1ccc(N2CCCC2)nc1)C(=O)NCC#N. The molecule has 0 unspecified atom stereocenters. The van der Waals surface area contributed by atoms with Gasteiger partial charge in [-0.2, -0.15) is 5.26 Å². The summed E-state index contributed by atoms with van der Waals surface area (Å²) in [7, 11) is 0. The minimum Gasteiger partial charge on any atom is -0.357 e. The molecule has 2 heterocycles.